The summed E-state index contributed by atoms with van der Waals surface area (Å²) in [4.78, 5) is 25.1. The third-order valence-corrected chi connectivity index (χ3v) is 3.16. The van der Waals surface area contributed by atoms with Crippen molar-refractivity contribution in [3.8, 4) is 0 Å². The fraction of sp³-hybridized carbons (Fsp3) is 0.692. The minimum Gasteiger partial charge on any atom is -0.469 e. The van der Waals surface area contributed by atoms with Gasteiger partial charge in [0.15, 0.2) is 0 Å². The average molecular weight is 239 g/mol. The molecule has 0 spiro atoms. The molecule has 1 aliphatic rings. The highest BCUT2D eigenvalue weighted by Crippen LogP contribution is 2.19. The number of allylic oxidation sites excluding steroid dienone is 1. The van der Waals surface area contributed by atoms with Crippen LogP contribution in [0.5, 0.6) is 0 Å². The van der Waals surface area contributed by atoms with Crippen molar-refractivity contribution < 1.29 is 14.3 Å². The monoisotopic (exact) mass is 239 g/mol. The van der Waals surface area contributed by atoms with Crippen molar-refractivity contribution >= 4 is 11.9 Å². The highest BCUT2D eigenvalue weighted by atomic mass is 16.5. The predicted molar refractivity (Wildman–Crippen MR) is 65.4 cm³/mol. The summed E-state index contributed by atoms with van der Waals surface area (Å²) in [6, 6.07) is 0. The zero-order valence-electron chi connectivity index (χ0n) is 10.9. The molecule has 1 rings (SSSR count). The number of hydrogen-bond donors (Lipinski definition) is 0. The molecule has 0 N–H and O–H groups in total. The average Bonchev–Trinajstić information content (AvgIpc) is 2.37. The Balaban J connectivity index is 2.49. The van der Waals surface area contributed by atoms with Gasteiger partial charge in [-0.25, -0.2) is 0 Å². The van der Waals surface area contributed by atoms with Crippen molar-refractivity contribution in [3.63, 3.8) is 0 Å². The van der Waals surface area contributed by atoms with Crippen molar-refractivity contribution in [2.24, 2.45) is 5.92 Å². The lowest BCUT2D eigenvalue weighted by Crippen LogP contribution is -2.40. The van der Waals surface area contributed by atoms with Crippen LogP contribution < -0.4 is 0 Å². The van der Waals surface area contributed by atoms with Gasteiger partial charge in [-0.3, -0.25) is 9.59 Å². The Morgan fingerprint density at radius 3 is 2.41 bits per heavy atom. The molecule has 0 aromatic rings. The van der Waals surface area contributed by atoms with Crippen molar-refractivity contribution in [1.29, 1.82) is 0 Å². The van der Waals surface area contributed by atoms with Crippen LogP contribution in [0.1, 0.15) is 33.1 Å². The van der Waals surface area contributed by atoms with E-state index < -0.39 is 0 Å². The highest BCUT2D eigenvalue weighted by Gasteiger charge is 2.27. The number of esters is 1. The van der Waals surface area contributed by atoms with Crippen LogP contribution in [0.25, 0.3) is 0 Å². The molecule has 1 aliphatic heterocycles. The lowest BCUT2D eigenvalue weighted by Gasteiger charge is -2.30. The Morgan fingerprint density at radius 2 is 1.94 bits per heavy atom. The molecule has 1 heterocycles. The van der Waals surface area contributed by atoms with Gasteiger partial charge in [0.2, 0.25) is 5.91 Å². The molecule has 17 heavy (non-hydrogen) atoms. The van der Waals surface area contributed by atoms with Crippen molar-refractivity contribution in [1.82, 2.24) is 4.90 Å². The lowest BCUT2D eigenvalue weighted by molar-refractivity contribution is -0.148. The number of likely N-dealkylation sites (tertiary alicyclic amines) is 1. The first kappa shape index (κ1) is 13.7. The van der Waals surface area contributed by atoms with Gasteiger partial charge in [-0.2, -0.15) is 0 Å². The molecule has 0 aliphatic carbocycles. The van der Waals surface area contributed by atoms with Gasteiger partial charge in [0.05, 0.1) is 13.0 Å². The van der Waals surface area contributed by atoms with E-state index in [4.69, 9.17) is 4.74 Å². The molecule has 0 bridgehead atoms. The molecule has 4 nitrogen and oxygen atoms in total. The fourth-order valence-electron chi connectivity index (χ4n) is 2.13. The minimum atomic E-state index is -0.155. The molecule has 4 heteroatoms. The van der Waals surface area contributed by atoms with E-state index in [1.165, 1.54) is 7.11 Å². The van der Waals surface area contributed by atoms with Crippen LogP contribution in [0.15, 0.2) is 11.6 Å². The summed E-state index contributed by atoms with van der Waals surface area (Å²) < 4.78 is 4.72. The van der Waals surface area contributed by atoms with Crippen molar-refractivity contribution in [3.05, 3.63) is 11.6 Å². The molecule has 0 radical (unpaired) electrons. The number of carbonyl (C=O) groups excluding carboxylic acids is 2. The van der Waals surface area contributed by atoms with Crippen LogP contribution >= 0.6 is 0 Å². The van der Waals surface area contributed by atoms with Crippen LogP contribution in [0.4, 0.5) is 0 Å². The molecule has 1 amide bonds. The zero-order valence-corrected chi connectivity index (χ0v) is 10.9. The summed E-state index contributed by atoms with van der Waals surface area (Å²) >= 11 is 0. The molecular formula is C13H21NO3. The van der Waals surface area contributed by atoms with Crippen LogP contribution in [-0.4, -0.2) is 37.0 Å². The third-order valence-electron chi connectivity index (χ3n) is 3.16. The Morgan fingerprint density at radius 1 is 1.35 bits per heavy atom. The number of piperidine rings is 1. The number of ether oxygens (including phenoxy) is 1. The maximum absolute atomic E-state index is 12.0. The predicted octanol–water partition coefficient (Wildman–Crippen LogP) is 1.75. The van der Waals surface area contributed by atoms with Gasteiger partial charge in [-0.1, -0.05) is 13.0 Å². The summed E-state index contributed by atoms with van der Waals surface area (Å²) in [6.07, 6.45) is 4.22. The summed E-state index contributed by atoms with van der Waals surface area (Å²) in [5, 5.41) is 0. The van der Waals surface area contributed by atoms with Gasteiger partial charge in [-0.05, 0) is 26.2 Å². The number of hydrogen-bond acceptors (Lipinski definition) is 3. The highest BCUT2D eigenvalue weighted by molar-refractivity contribution is 5.93. The molecule has 0 aromatic heterocycles. The van der Waals surface area contributed by atoms with Crippen LogP contribution in [0.3, 0.4) is 0 Å². The maximum Gasteiger partial charge on any atom is 0.308 e. The molecule has 96 valence electrons. The molecule has 1 fully saturated rings. The standard InChI is InChI=1S/C13H21NO3/c1-4-5-10(2)12(15)14-8-6-11(7-9-14)13(16)17-3/h5,11H,4,6-9H2,1-3H3/b10-5+. The Hall–Kier alpha value is -1.32. The van der Waals surface area contributed by atoms with E-state index in [1.54, 1.807) is 0 Å². The summed E-state index contributed by atoms with van der Waals surface area (Å²) in [7, 11) is 1.41. The number of amides is 1. The topological polar surface area (TPSA) is 46.6 Å². The molecule has 0 unspecified atom stereocenters. The Kier molecular flexibility index (Phi) is 5.19. The summed E-state index contributed by atoms with van der Waals surface area (Å²) in [6.45, 7) is 5.15. The first-order chi connectivity index (χ1) is 8.10. The van der Waals surface area contributed by atoms with Gasteiger partial charge < -0.3 is 9.64 Å². The molecule has 0 aromatic carbocycles. The maximum atomic E-state index is 12.0. The molecular weight excluding hydrogens is 218 g/mol. The van der Waals surface area contributed by atoms with E-state index >= 15 is 0 Å². The van der Waals surface area contributed by atoms with E-state index in [-0.39, 0.29) is 17.8 Å². The fourth-order valence-corrected chi connectivity index (χ4v) is 2.13. The smallest absolute Gasteiger partial charge is 0.308 e. The molecule has 0 atom stereocenters. The third kappa shape index (κ3) is 3.58. The van der Waals surface area contributed by atoms with Gasteiger partial charge in [0, 0.05) is 18.7 Å². The SMILES string of the molecule is CC/C=C(\C)C(=O)N1CCC(C(=O)OC)CC1. The van der Waals surface area contributed by atoms with Gasteiger partial charge >= 0.3 is 5.97 Å². The number of carbonyl (C=O) groups is 2. The van der Waals surface area contributed by atoms with Crippen molar-refractivity contribution in [2.75, 3.05) is 20.2 Å². The zero-order chi connectivity index (χ0) is 12.8. The van der Waals surface area contributed by atoms with E-state index in [1.807, 2.05) is 24.8 Å². The second-order valence-corrected chi connectivity index (χ2v) is 4.39. The van der Waals surface area contributed by atoms with Crippen LogP contribution in [0.2, 0.25) is 0 Å². The largest absolute Gasteiger partial charge is 0.469 e. The summed E-state index contributed by atoms with van der Waals surface area (Å²) in [5.41, 5.74) is 0.795. The Labute approximate surface area is 103 Å². The first-order valence-electron chi connectivity index (χ1n) is 6.14. The van der Waals surface area contributed by atoms with Gasteiger partial charge in [0.1, 0.15) is 0 Å². The van der Waals surface area contributed by atoms with Crippen LogP contribution in [0, 0.1) is 5.92 Å². The van der Waals surface area contributed by atoms with Gasteiger partial charge in [0.25, 0.3) is 0 Å². The van der Waals surface area contributed by atoms with Crippen molar-refractivity contribution in [2.45, 2.75) is 33.1 Å². The normalized spacial score (nSPS) is 18.1. The van der Waals surface area contributed by atoms with Crippen LogP contribution in [-0.2, 0) is 14.3 Å². The second-order valence-electron chi connectivity index (χ2n) is 4.39. The van der Waals surface area contributed by atoms with Gasteiger partial charge in [-0.15, -0.1) is 0 Å². The second kappa shape index (κ2) is 6.42. The first-order valence-corrected chi connectivity index (χ1v) is 6.14. The Bertz CT molecular complexity index is 315. The van der Waals surface area contributed by atoms with E-state index in [9.17, 15) is 9.59 Å². The van der Waals surface area contributed by atoms with E-state index in [0.717, 1.165) is 12.0 Å². The molecule has 0 saturated carbocycles. The number of nitrogens with zero attached hydrogens (tertiary/aromatic N) is 1. The number of methoxy groups -OCH3 is 1. The number of rotatable bonds is 3. The van der Waals surface area contributed by atoms with E-state index in [2.05, 4.69) is 0 Å². The summed E-state index contributed by atoms with van der Waals surface area (Å²) in [5.74, 6) is -0.104. The quantitative estimate of drug-likeness (QED) is 0.557. The molecule has 1 saturated heterocycles. The minimum absolute atomic E-state index is 0.0421. The lowest BCUT2D eigenvalue weighted by atomic mass is 9.96. The van der Waals surface area contributed by atoms with E-state index in [0.29, 0.717) is 25.9 Å².